The molecule has 0 saturated heterocycles. The molecule has 34 heavy (non-hydrogen) atoms. The van der Waals surface area contributed by atoms with Crippen LogP contribution in [0.25, 0.3) is 0 Å². The van der Waals surface area contributed by atoms with Crippen molar-refractivity contribution in [1.82, 2.24) is 4.90 Å². The average Bonchev–Trinajstić information content (AvgIpc) is 2.83. The highest BCUT2D eigenvalue weighted by molar-refractivity contribution is 6.06. The standard InChI is InChI=1S/C29H33NO4/c1-5-11-19-17-20(18-25(33-8-4)29(19)34-16-6-2)26-27-21(12-9-14-23(27)31)30(7-3)22-13-10-15-24(32)28(22)26/h2,5,17-18,26H,1,7-16H2,3-4H3. The van der Waals surface area contributed by atoms with Gasteiger partial charge in [-0.1, -0.05) is 18.1 Å². The molecule has 1 aromatic rings. The molecule has 3 aliphatic rings. The Bertz CT molecular complexity index is 1070. The van der Waals surface area contributed by atoms with Gasteiger partial charge in [0.2, 0.25) is 0 Å². The highest BCUT2D eigenvalue weighted by Gasteiger charge is 2.43. The quantitative estimate of drug-likeness (QED) is 0.392. The fourth-order valence-corrected chi connectivity index (χ4v) is 5.63. The SMILES string of the molecule is C#CCOc1c(CC=C)cc(C2C3=C(CCCC3=O)N(CC)C3=C2C(=O)CCC3)cc1OCC. The third-order valence-corrected chi connectivity index (χ3v) is 6.85. The van der Waals surface area contributed by atoms with Crippen molar-refractivity contribution < 1.29 is 19.1 Å². The number of Topliss-reactive ketones (excluding diaryl/α,β-unsaturated/α-hetero) is 2. The molecular formula is C29H33NO4. The number of carbonyl (C=O) groups excluding carboxylic acids is 2. The van der Waals surface area contributed by atoms with Crippen molar-refractivity contribution >= 4 is 11.6 Å². The van der Waals surface area contributed by atoms with Gasteiger partial charge in [0.25, 0.3) is 0 Å². The second-order valence-corrected chi connectivity index (χ2v) is 8.88. The van der Waals surface area contributed by atoms with E-state index in [1.165, 1.54) is 0 Å². The number of hydrogen-bond acceptors (Lipinski definition) is 5. The zero-order valence-corrected chi connectivity index (χ0v) is 20.2. The maximum atomic E-state index is 13.4. The van der Waals surface area contributed by atoms with Crippen LogP contribution in [0.15, 0.2) is 47.3 Å². The Morgan fingerprint density at radius 3 is 2.24 bits per heavy atom. The van der Waals surface area contributed by atoms with E-state index in [1.54, 1.807) is 0 Å². The summed E-state index contributed by atoms with van der Waals surface area (Å²) in [5, 5.41) is 0. The Balaban J connectivity index is 1.97. The van der Waals surface area contributed by atoms with Gasteiger partial charge < -0.3 is 14.4 Å². The number of carbonyl (C=O) groups is 2. The molecule has 4 rings (SSSR count). The molecule has 0 amide bonds. The summed E-state index contributed by atoms with van der Waals surface area (Å²) >= 11 is 0. The van der Waals surface area contributed by atoms with Crippen LogP contribution in [0.1, 0.15) is 69.4 Å². The van der Waals surface area contributed by atoms with E-state index >= 15 is 0 Å². The molecule has 5 heteroatoms. The molecule has 5 nitrogen and oxygen atoms in total. The van der Waals surface area contributed by atoms with Crippen LogP contribution in [0.3, 0.4) is 0 Å². The van der Waals surface area contributed by atoms with E-state index in [1.807, 2.05) is 25.1 Å². The van der Waals surface area contributed by atoms with Crippen LogP contribution >= 0.6 is 0 Å². The van der Waals surface area contributed by atoms with Crippen LogP contribution in [0, 0.1) is 12.3 Å². The Labute approximate surface area is 202 Å². The van der Waals surface area contributed by atoms with E-state index in [-0.39, 0.29) is 24.1 Å². The lowest BCUT2D eigenvalue weighted by molar-refractivity contribution is -0.117. The molecule has 0 saturated carbocycles. The zero-order valence-electron chi connectivity index (χ0n) is 20.2. The second kappa shape index (κ2) is 10.3. The number of ether oxygens (including phenoxy) is 2. The highest BCUT2D eigenvalue weighted by atomic mass is 16.5. The Morgan fingerprint density at radius 1 is 1.06 bits per heavy atom. The molecule has 1 aromatic carbocycles. The lowest BCUT2D eigenvalue weighted by atomic mass is 9.70. The molecule has 0 N–H and O–H groups in total. The highest BCUT2D eigenvalue weighted by Crippen LogP contribution is 2.50. The van der Waals surface area contributed by atoms with Gasteiger partial charge in [-0.2, -0.15) is 0 Å². The van der Waals surface area contributed by atoms with Crippen LogP contribution in [0.4, 0.5) is 0 Å². The van der Waals surface area contributed by atoms with Crippen molar-refractivity contribution in [2.75, 3.05) is 19.8 Å². The number of hydrogen-bond donors (Lipinski definition) is 0. The van der Waals surface area contributed by atoms with Crippen LogP contribution in [-0.4, -0.2) is 36.2 Å². The molecule has 0 atom stereocenters. The van der Waals surface area contributed by atoms with Gasteiger partial charge in [-0.3, -0.25) is 9.59 Å². The first-order chi connectivity index (χ1) is 16.5. The summed E-state index contributed by atoms with van der Waals surface area (Å²) in [5.41, 5.74) is 5.54. The van der Waals surface area contributed by atoms with Crippen molar-refractivity contribution in [2.24, 2.45) is 0 Å². The monoisotopic (exact) mass is 459 g/mol. The minimum atomic E-state index is -0.377. The fourth-order valence-electron chi connectivity index (χ4n) is 5.63. The van der Waals surface area contributed by atoms with Gasteiger partial charge in [0.1, 0.15) is 6.61 Å². The number of terminal acetylenes is 1. The summed E-state index contributed by atoms with van der Waals surface area (Å²) in [6, 6.07) is 3.98. The van der Waals surface area contributed by atoms with Gasteiger partial charge in [-0.15, -0.1) is 13.0 Å². The third-order valence-electron chi connectivity index (χ3n) is 6.85. The van der Waals surface area contributed by atoms with Crippen LogP contribution in [0.2, 0.25) is 0 Å². The normalized spacial score (nSPS) is 18.4. The molecule has 0 fully saturated rings. The summed E-state index contributed by atoms with van der Waals surface area (Å²) in [7, 11) is 0. The molecule has 178 valence electrons. The first-order valence-electron chi connectivity index (χ1n) is 12.3. The number of ketones is 2. The van der Waals surface area contributed by atoms with Crippen molar-refractivity contribution in [3.63, 3.8) is 0 Å². The third kappa shape index (κ3) is 4.18. The van der Waals surface area contributed by atoms with E-state index in [2.05, 4.69) is 24.3 Å². The molecule has 0 spiro atoms. The summed E-state index contributed by atoms with van der Waals surface area (Å²) in [6.07, 6.45) is 12.3. The summed E-state index contributed by atoms with van der Waals surface area (Å²) in [6.45, 7) is 9.26. The number of benzene rings is 1. The smallest absolute Gasteiger partial charge is 0.166 e. The Kier molecular flexibility index (Phi) is 7.26. The molecule has 2 aliphatic carbocycles. The maximum absolute atomic E-state index is 13.4. The van der Waals surface area contributed by atoms with Gasteiger partial charge in [-0.05, 0) is 57.6 Å². The maximum Gasteiger partial charge on any atom is 0.166 e. The predicted molar refractivity (Wildman–Crippen MR) is 133 cm³/mol. The van der Waals surface area contributed by atoms with E-state index in [4.69, 9.17) is 15.9 Å². The lowest BCUT2D eigenvalue weighted by Crippen LogP contribution is -2.39. The van der Waals surface area contributed by atoms with Crippen LogP contribution in [-0.2, 0) is 16.0 Å². The van der Waals surface area contributed by atoms with Gasteiger partial charge in [0, 0.05) is 53.4 Å². The van der Waals surface area contributed by atoms with Crippen molar-refractivity contribution in [3.8, 4) is 23.8 Å². The largest absolute Gasteiger partial charge is 0.490 e. The first-order valence-corrected chi connectivity index (χ1v) is 12.3. The minimum absolute atomic E-state index is 0.125. The van der Waals surface area contributed by atoms with Crippen LogP contribution in [0.5, 0.6) is 11.5 Å². The van der Waals surface area contributed by atoms with Gasteiger partial charge in [0.15, 0.2) is 23.1 Å². The number of rotatable bonds is 8. The Morgan fingerprint density at radius 2 is 1.71 bits per heavy atom. The molecule has 1 aliphatic heterocycles. The zero-order chi connectivity index (χ0) is 24.2. The van der Waals surface area contributed by atoms with E-state index in [0.717, 1.165) is 65.9 Å². The summed E-state index contributed by atoms with van der Waals surface area (Å²) in [4.78, 5) is 29.0. The van der Waals surface area contributed by atoms with Gasteiger partial charge in [0.05, 0.1) is 6.61 Å². The second-order valence-electron chi connectivity index (χ2n) is 8.88. The molecule has 0 radical (unpaired) electrons. The van der Waals surface area contributed by atoms with Crippen molar-refractivity contribution in [2.45, 2.75) is 64.7 Å². The van der Waals surface area contributed by atoms with E-state index in [0.29, 0.717) is 37.4 Å². The van der Waals surface area contributed by atoms with Crippen LogP contribution < -0.4 is 9.47 Å². The first kappa shape index (κ1) is 23.9. The van der Waals surface area contributed by atoms with E-state index < -0.39 is 0 Å². The van der Waals surface area contributed by atoms with Crippen molar-refractivity contribution in [3.05, 3.63) is 58.5 Å². The van der Waals surface area contributed by atoms with Gasteiger partial charge >= 0.3 is 0 Å². The van der Waals surface area contributed by atoms with Gasteiger partial charge in [-0.25, -0.2) is 0 Å². The molecule has 1 heterocycles. The number of nitrogens with zero attached hydrogens (tertiary/aromatic N) is 1. The minimum Gasteiger partial charge on any atom is -0.490 e. The summed E-state index contributed by atoms with van der Waals surface area (Å²) in [5.74, 6) is 3.61. The number of allylic oxidation sites excluding steroid dienone is 5. The fraction of sp³-hybridized carbons (Fsp3) is 0.448. The predicted octanol–water partition coefficient (Wildman–Crippen LogP) is 5.26. The molecular weight excluding hydrogens is 426 g/mol. The Hall–Kier alpha value is -3.26. The summed E-state index contributed by atoms with van der Waals surface area (Å²) < 4.78 is 11.9. The molecule has 0 unspecified atom stereocenters. The molecule has 0 aromatic heterocycles. The van der Waals surface area contributed by atoms with E-state index in [9.17, 15) is 9.59 Å². The average molecular weight is 460 g/mol. The lowest BCUT2D eigenvalue weighted by Gasteiger charge is -2.43. The van der Waals surface area contributed by atoms with Crippen molar-refractivity contribution in [1.29, 1.82) is 0 Å². The molecule has 0 bridgehead atoms. The topological polar surface area (TPSA) is 55.8 Å².